The van der Waals surface area contributed by atoms with Gasteiger partial charge in [-0.2, -0.15) is 43.3 Å². The van der Waals surface area contributed by atoms with Gasteiger partial charge in [0.25, 0.3) is 51.9 Å². The highest BCUT2D eigenvalue weighted by Gasteiger charge is 2.48. The van der Waals surface area contributed by atoms with E-state index < -0.39 is 97.8 Å². The maximum atomic E-state index is 14.7. The second-order valence-corrected chi connectivity index (χ2v) is 24.9. The zero-order chi connectivity index (χ0) is 54.3. The van der Waals surface area contributed by atoms with Crippen molar-refractivity contribution in [1.82, 2.24) is 15.7 Å². The van der Waals surface area contributed by atoms with Crippen molar-refractivity contribution in [1.29, 1.82) is 0 Å². The minimum Gasteiger partial charge on any atom is -0.398 e. The number of rotatable bonds is 24. The summed E-state index contributed by atoms with van der Waals surface area (Å²) in [6.45, 7) is 3.36. The van der Waals surface area contributed by atoms with Crippen molar-refractivity contribution >= 4 is 87.0 Å². The number of oxazole rings is 1. The van der Waals surface area contributed by atoms with Crippen molar-refractivity contribution in [2.45, 2.75) is 94.9 Å². The van der Waals surface area contributed by atoms with E-state index in [1.165, 1.54) is 18.2 Å². The lowest BCUT2D eigenvalue weighted by Gasteiger charge is -2.35. The van der Waals surface area contributed by atoms with Gasteiger partial charge in [-0.25, -0.2) is 4.79 Å². The van der Waals surface area contributed by atoms with Crippen molar-refractivity contribution in [3.05, 3.63) is 95.1 Å². The van der Waals surface area contributed by atoms with Gasteiger partial charge in [-0.15, -0.1) is 0 Å². The third-order valence-electron chi connectivity index (χ3n) is 12.7. The number of aryl methyl sites for hydroxylation is 1. The molecule has 1 fully saturated rings. The zero-order valence-electron chi connectivity index (χ0n) is 40.6. The van der Waals surface area contributed by atoms with Gasteiger partial charge in [0, 0.05) is 61.8 Å². The van der Waals surface area contributed by atoms with Crippen LogP contribution < -0.4 is 20.1 Å². The van der Waals surface area contributed by atoms with Crippen LogP contribution in [0.2, 0.25) is 0 Å². The molecule has 3 aromatic rings. The zero-order valence-corrected chi connectivity index (χ0v) is 43.9. The molecular weight excluding hydrogens is 1050 g/mol. The molecular formula is C47H60N5O18S4+. The average Bonchev–Trinajstić information content (AvgIpc) is 3.94. The van der Waals surface area contributed by atoms with Crippen LogP contribution in [-0.4, -0.2) is 124 Å². The summed E-state index contributed by atoms with van der Waals surface area (Å²) in [6, 6.07) is 10.8. The van der Waals surface area contributed by atoms with Gasteiger partial charge in [0.15, 0.2) is 6.54 Å². The Morgan fingerprint density at radius 2 is 1.47 bits per heavy atom. The molecule has 0 radical (unpaired) electrons. The van der Waals surface area contributed by atoms with E-state index in [9.17, 15) is 71.1 Å². The van der Waals surface area contributed by atoms with E-state index in [2.05, 4.69) is 10.6 Å². The molecule has 0 spiro atoms. The molecule has 6 rings (SSSR count). The summed E-state index contributed by atoms with van der Waals surface area (Å²) >= 11 is 0. The van der Waals surface area contributed by atoms with Crippen LogP contribution in [-0.2, 0) is 76.4 Å². The quantitative estimate of drug-likeness (QED) is 0.0323. The van der Waals surface area contributed by atoms with Gasteiger partial charge in [0.05, 0.1) is 34.8 Å². The standard InChI is InChI=1S/C47H59N5O18S4/c1-46(2)36-30-35(74(66,67)68)17-18-37(36)50(23-9-26-71(57,58)59)40(46)19-15-33-29-34(16-20-42-51(24-10-27-72(60,61)62)38-11-5-6-12-39(38)69-42)32-47(31-33,45(56)49-22-28-73(63,64)65)44(55)48-21-7-3-4-14-43(54)70-52-25-8-13-41(52)53/h5-6,11-12,15-20,29-30H,3-4,7-10,13-14,21-28,31-32H2,1-2H3,(H5-,48,49,55,56,57,58,59,60,61,62,63,64,65,66,67,68)/p+1. The molecule has 3 aliphatic rings. The number of allylic oxidation sites excluding steroid dienone is 7. The maximum Gasteiger partial charge on any atom is 0.374 e. The third-order valence-corrected chi connectivity index (χ3v) is 15.9. The summed E-state index contributed by atoms with van der Waals surface area (Å²) in [5, 5.41) is 6.35. The first-order valence-corrected chi connectivity index (χ1v) is 29.9. The summed E-state index contributed by atoms with van der Waals surface area (Å²) in [5.41, 5.74) is 0.0556. The fraction of sp³-hybridized carbons (Fsp3) is 0.468. The number of benzene rings is 2. The smallest absolute Gasteiger partial charge is 0.374 e. The molecule has 3 amide bonds. The summed E-state index contributed by atoms with van der Waals surface area (Å²) in [5.74, 6) is -4.36. The van der Waals surface area contributed by atoms with Crippen LogP contribution in [0.5, 0.6) is 0 Å². The number of hydrogen-bond acceptors (Lipinski definition) is 15. The minimum absolute atomic E-state index is 0.000991. The predicted octanol–water partition coefficient (Wildman–Crippen LogP) is 3.61. The van der Waals surface area contributed by atoms with Crippen molar-refractivity contribution < 1.29 is 84.9 Å². The molecule has 1 aromatic heterocycles. The second kappa shape index (κ2) is 23.4. The van der Waals surface area contributed by atoms with E-state index in [4.69, 9.17) is 9.25 Å². The van der Waals surface area contributed by atoms with Gasteiger partial charge in [-0.3, -0.25) is 32.6 Å². The molecule has 6 N–H and O–H groups in total. The molecule has 0 saturated carbocycles. The number of hydrogen-bond donors (Lipinski definition) is 6. The summed E-state index contributed by atoms with van der Waals surface area (Å²) < 4.78 is 141. The number of aromatic nitrogens is 1. The molecule has 3 heterocycles. The summed E-state index contributed by atoms with van der Waals surface area (Å²) in [7, 11) is -17.9. The molecule has 2 aromatic carbocycles. The first-order valence-electron chi connectivity index (χ1n) is 23.6. The fourth-order valence-corrected chi connectivity index (χ4v) is 11.0. The van der Waals surface area contributed by atoms with E-state index in [1.54, 1.807) is 78.0 Å². The molecule has 1 aliphatic carbocycles. The molecule has 404 valence electrons. The summed E-state index contributed by atoms with van der Waals surface area (Å²) in [4.78, 5) is 60.0. The lowest BCUT2D eigenvalue weighted by atomic mass is 9.70. The highest BCUT2D eigenvalue weighted by atomic mass is 32.2. The Kier molecular flexibility index (Phi) is 18.2. The number of nitrogens with one attached hydrogen (secondary N) is 2. The topological polar surface area (TPSA) is 343 Å². The number of anilines is 1. The normalized spacial score (nSPS) is 19.4. The van der Waals surface area contributed by atoms with Gasteiger partial charge >= 0.3 is 11.9 Å². The number of carbonyl (C=O) groups excluding carboxylic acids is 4. The minimum atomic E-state index is -4.67. The molecule has 74 heavy (non-hydrogen) atoms. The summed E-state index contributed by atoms with van der Waals surface area (Å²) in [6.07, 6.45) is 9.36. The number of fused-ring (bicyclic) bond motifs is 2. The van der Waals surface area contributed by atoms with Crippen molar-refractivity contribution in [2.75, 3.05) is 48.3 Å². The van der Waals surface area contributed by atoms with E-state index in [1.807, 2.05) is 0 Å². The molecule has 1 atom stereocenters. The SMILES string of the molecule is CC1(C)/C(=C\C=C2C=C(/C=C/c3oc4ccccc4[n+]3CCCS(=O)(=O)O)CC(C(=O)NCCCCCC(=O)ON3CCCC3=O)(C(=O)NCCS(=O)(=O)O)C2)N(CCCS(=O)(=O)O)c2ccc(S(=O)(=O)O)cc21. The monoisotopic (exact) mass is 1110 g/mol. The van der Waals surface area contributed by atoms with E-state index in [0.717, 1.165) is 5.06 Å². The van der Waals surface area contributed by atoms with Crippen molar-refractivity contribution in [3.63, 3.8) is 0 Å². The molecule has 1 saturated heterocycles. The number of hydroxylamine groups is 2. The Labute approximate surface area is 429 Å². The Morgan fingerprint density at radius 3 is 2.14 bits per heavy atom. The number of carbonyl (C=O) groups is 4. The van der Waals surface area contributed by atoms with Gasteiger partial charge < -0.3 is 24.8 Å². The Balaban J connectivity index is 1.40. The third kappa shape index (κ3) is 15.2. The fourth-order valence-electron chi connectivity index (χ4n) is 9.17. The molecule has 1 unspecified atom stereocenters. The Morgan fingerprint density at radius 1 is 0.797 bits per heavy atom. The number of nitrogens with zero attached hydrogens (tertiary/aromatic N) is 3. The van der Waals surface area contributed by atoms with E-state index in [0.29, 0.717) is 71.4 Å². The van der Waals surface area contributed by atoms with Crippen LogP contribution in [0.4, 0.5) is 5.69 Å². The first-order chi connectivity index (χ1) is 34.6. The number of unbranched alkanes of at least 4 members (excludes halogenated alkanes) is 2. The van der Waals surface area contributed by atoms with E-state index >= 15 is 0 Å². The molecule has 0 bridgehead atoms. The maximum absolute atomic E-state index is 14.7. The van der Waals surface area contributed by atoms with Crippen molar-refractivity contribution in [2.24, 2.45) is 5.41 Å². The molecule has 2 aliphatic heterocycles. The van der Waals surface area contributed by atoms with Gasteiger partial charge in [0.2, 0.25) is 17.4 Å². The number of amides is 3. The Bertz CT molecular complexity index is 3250. The van der Waals surface area contributed by atoms with Gasteiger partial charge in [-0.1, -0.05) is 44.6 Å². The predicted molar refractivity (Wildman–Crippen MR) is 268 cm³/mol. The van der Waals surface area contributed by atoms with Crippen LogP contribution in [0, 0.1) is 5.41 Å². The van der Waals surface area contributed by atoms with Crippen LogP contribution in [0.15, 0.2) is 92.9 Å². The van der Waals surface area contributed by atoms with Gasteiger partial charge in [-0.05, 0) is 91.7 Å². The highest BCUT2D eigenvalue weighted by molar-refractivity contribution is 7.86. The lowest BCUT2D eigenvalue weighted by molar-refractivity contribution is -0.677. The van der Waals surface area contributed by atoms with Gasteiger partial charge in [0.1, 0.15) is 5.41 Å². The lowest BCUT2D eigenvalue weighted by Crippen LogP contribution is -2.53. The Hall–Kier alpha value is -5.81. The average molecular weight is 1110 g/mol. The molecule has 27 heteroatoms. The molecule has 23 nitrogen and oxygen atoms in total. The van der Waals surface area contributed by atoms with Crippen LogP contribution >= 0.6 is 0 Å². The second-order valence-electron chi connectivity index (χ2n) is 18.7. The van der Waals surface area contributed by atoms with Crippen molar-refractivity contribution in [3.8, 4) is 0 Å². The largest absolute Gasteiger partial charge is 0.398 e. The van der Waals surface area contributed by atoms with Crippen LogP contribution in [0.25, 0.3) is 17.2 Å². The van der Waals surface area contributed by atoms with Crippen LogP contribution in [0.1, 0.15) is 89.5 Å². The highest BCUT2D eigenvalue weighted by Crippen LogP contribution is 2.49. The van der Waals surface area contributed by atoms with E-state index in [-0.39, 0.29) is 70.0 Å². The first kappa shape index (κ1) is 57.5. The van der Waals surface area contributed by atoms with Crippen LogP contribution in [0.3, 0.4) is 0 Å². The number of para-hydroxylation sites is 2.